The lowest BCUT2D eigenvalue weighted by Gasteiger charge is -2.14. The predicted octanol–water partition coefficient (Wildman–Crippen LogP) is 5.06. The standard InChI is InChI=1S/C24H23NO/c1-17(18-11-5-2-6-12-18)25-24(26)23-21(19-13-7-3-8-14-19)22(23)20-15-9-4-10-16-20/h2-17,21-23H,1H3,(H,25,26)/t17-,21-,22+,23?/m1/s1. The van der Waals surface area contributed by atoms with E-state index in [9.17, 15) is 4.79 Å². The van der Waals surface area contributed by atoms with Crippen LogP contribution in [-0.4, -0.2) is 5.91 Å². The third-order valence-corrected chi connectivity index (χ3v) is 5.35. The average Bonchev–Trinajstić information content (AvgIpc) is 3.46. The van der Waals surface area contributed by atoms with Gasteiger partial charge in [0.25, 0.3) is 0 Å². The lowest BCUT2D eigenvalue weighted by atomic mass is 10.0. The number of carbonyl (C=O) groups excluding carboxylic acids is 1. The Morgan fingerprint density at radius 3 is 1.62 bits per heavy atom. The zero-order valence-corrected chi connectivity index (χ0v) is 14.9. The van der Waals surface area contributed by atoms with E-state index in [1.54, 1.807) is 0 Å². The molecule has 130 valence electrons. The van der Waals surface area contributed by atoms with E-state index in [1.807, 2.05) is 37.3 Å². The van der Waals surface area contributed by atoms with E-state index < -0.39 is 0 Å². The van der Waals surface area contributed by atoms with Crippen molar-refractivity contribution in [2.45, 2.75) is 24.8 Å². The number of rotatable bonds is 5. The number of hydrogen-bond donors (Lipinski definition) is 1. The molecule has 0 aromatic heterocycles. The molecule has 1 amide bonds. The van der Waals surface area contributed by atoms with Crippen LogP contribution in [0.4, 0.5) is 0 Å². The molecule has 1 fully saturated rings. The molecule has 1 N–H and O–H groups in total. The Morgan fingerprint density at radius 1 is 0.731 bits per heavy atom. The minimum atomic E-state index is -0.00837. The van der Waals surface area contributed by atoms with Crippen LogP contribution in [-0.2, 0) is 4.79 Å². The van der Waals surface area contributed by atoms with Gasteiger partial charge in [0.2, 0.25) is 5.91 Å². The Balaban J connectivity index is 1.56. The van der Waals surface area contributed by atoms with E-state index in [1.165, 1.54) is 11.1 Å². The quantitative estimate of drug-likeness (QED) is 0.690. The molecule has 26 heavy (non-hydrogen) atoms. The van der Waals surface area contributed by atoms with Crippen LogP contribution in [0.5, 0.6) is 0 Å². The average molecular weight is 341 g/mol. The van der Waals surface area contributed by atoms with Crippen LogP contribution in [0.1, 0.15) is 41.5 Å². The molecule has 1 aliphatic carbocycles. The summed E-state index contributed by atoms with van der Waals surface area (Å²) < 4.78 is 0. The van der Waals surface area contributed by atoms with Gasteiger partial charge in [0.05, 0.1) is 12.0 Å². The van der Waals surface area contributed by atoms with Gasteiger partial charge < -0.3 is 5.32 Å². The second-order valence-electron chi connectivity index (χ2n) is 7.04. The molecule has 2 nitrogen and oxygen atoms in total. The maximum absolute atomic E-state index is 13.0. The number of benzene rings is 3. The summed E-state index contributed by atoms with van der Waals surface area (Å²) in [6, 6.07) is 30.9. The van der Waals surface area contributed by atoms with Gasteiger partial charge in [-0.05, 0) is 23.6 Å². The monoisotopic (exact) mass is 341 g/mol. The van der Waals surface area contributed by atoms with Gasteiger partial charge in [0.15, 0.2) is 0 Å². The Hall–Kier alpha value is -2.87. The van der Waals surface area contributed by atoms with Gasteiger partial charge in [-0.15, -0.1) is 0 Å². The number of carbonyl (C=O) groups is 1. The first-order valence-corrected chi connectivity index (χ1v) is 9.21. The van der Waals surface area contributed by atoms with Crippen molar-refractivity contribution >= 4 is 5.91 Å². The molecule has 1 saturated carbocycles. The first-order valence-electron chi connectivity index (χ1n) is 9.21. The van der Waals surface area contributed by atoms with E-state index >= 15 is 0 Å². The van der Waals surface area contributed by atoms with Crippen LogP contribution in [0.15, 0.2) is 91.0 Å². The summed E-state index contributed by atoms with van der Waals surface area (Å²) in [7, 11) is 0. The summed E-state index contributed by atoms with van der Waals surface area (Å²) in [4.78, 5) is 13.0. The number of hydrogen-bond acceptors (Lipinski definition) is 1. The van der Waals surface area contributed by atoms with Crippen LogP contribution in [0.3, 0.4) is 0 Å². The topological polar surface area (TPSA) is 29.1 Å². The molecule has 4 rings (SSSR count). The van der Waals surface area contributed by atoms with Crippen molar-refractivity contribution in [1.82, 2.24) is 5.32 Å². The lowest BCUT2D eigenvalue weighted by molar-refractivity contribution is -0.123. The first-order chi connectivity index (χ1) is 12.8. The fraction of sp³-hybridized carbons (Fsp3) is 0.208. The normalized spacial score (nSPS) is 22.4. The van der Waals surface area contributed by atoms with Crippen molar-refractivity contribution in [3.8, 4) is 0 Å². The van der Waals surface area contributed by atoms with Crippen molar-refractivity contribution < 1.29 is 4.79 Å². The van der Waals surface area contributed by atoms with E-state index in [-0.39, 0.29) is 29.7 Å². The fourth-order valence-corrected chi connectivity index (χ4v) is 3.95. The Bertz CT molecular complexity index is 815. The fourth-order valence-electron chi connectivity index (χ4n) is 3.95. The molecule has 3 aromatic carbocycles. The number of amides is 1. The molecule has 0 bridgehead atoms. The largest absolute Gasteiger partial charge is 0.349 e. The summed E-state index contributed by atoms with van der Waals surface area (Å²) in [6.07, 6.45) is 0. The van der Waals surface area contributed by atoms with Crippen molar-refractivity contribution in [3.63, 3.8) is 0 Å². The summed E-state index contributed by atoms with van der Waals surface area (Å²) in [5, 5.41) is 3.22. The molecule has 0 aliphatic heterocycles. The molecule has 0 spiro atoms. The summed E-state index contributed by atoms with van der Waals surface area (Å²) in [5.74, 6) is 0.637. The highest BCUT2D eigenvalue weighted by Crippen LogP contribution is 2.60. The summed E-state index contributed by atoms with van der Waals surface area (Å²) in [5.41, 5.74) is 3.62. The molecule has 2 heteroatoms. The van der Waals surface area contributed by atoms with Crippen LogP contribution < -0.4 is 5.32 Å². The molecule has 0 radical (unpaired) electrons. The zero-order valence-electron chi connectivity index (χ0n) is 14.9. The highest BCUT2D eigenvalue weighted by molar-refractivity contribution is 5.85. The van der Waals surface area contributed by atoms with Gasteiger partial charge in [0.1, 0.15) is 0 Å². The summed E-state index contributed by atoms with van der Waals surface area (Å²) >= 11 is 0. The van der Waals surface area contributed by atoms with Crippen LogP contribution in [0.2, 0.25) is 0 Å². The second-order valence-corrected chi connectivity index (χ2v) is 7.04. The molecule has 1 unspecified atom stereocenters. The zero-order chi connectivity index (χ0) is 17.9. The van der Waals surface area contributed by atoms with Gasteiger partial charge in [-0.1, -0.05) is 91.0 Å². The highest BCUT2D eigenvalue weighted by Gasteiger charge is 2.56. The van der Waals surface area contributed by atoms with E-state index in [0.717, 1.165) is 5.56 Å². The molecular weight excluding hydrogens is 318 g/mol. The molecular formula is C24H23NO. The first kappa shape index (κ1) is 16.6. The smallest absolute Gasteiger partial charge is 0.224 e. The van der Waals surface area contributed by atoms with E-state index in [4.69, 9.17) is 0 Å². The maximum Gasteiger partial charge on any atom is 0.224 e. The minimum Gasteiger partial charge on any atom is -0.349 e. The Kier molecular flexibility index (Phi) is 4.57. The third kappa shape index (κ3) is 3.28. The van der Waals surface area contributed by atoms with Gasteiger partial charge in [-0.3, -0.25) is 4.79 Å². The van der Waals surface area contributed by atoms with Gasteiger partial charge in [-0.25, -0.2) is 0 Å². The van der Waals surface area contributed by atoms with Crippen molar-refractivity contribution in [2.75, 3.05) is 0 Å². The number of nitrogens with one attached hydrogen (secondary N) is 1. The maximum atomic E-state index is 13.0. The van der Waals surface area contributed by atoms with Crippen LogP contribution >= 0.6 is 0 Å². The van der Waals surface area contributed by atoms with Gasteiger partial charge in [0, 0.05) is 11.8 Å². The third-order valence-electron chi connectivity index (χ3n) is 5.35. The van der Waals surface area contributed by atoms with Crippen molar-refractivity contribution in [1.29, 1.82) is 0 Å². The second kappa shape index (κ2) is 7.17. The Morgan fingerprint density at radius 2 is 1.15 bits per heavy atom. The molecule has 0 heterocycles. The molecule has 4 atom stereocenters. The van der Waals surface area contributed by atoms with Crippen molar-refractivity contribution in [3.05, 3.63) is 108 Å². The minimum absolute atomic E-state index is 0.00837. The van der Waals surface area contributed by atoms with Crippen LogP contribution in [0.25, 0.3) is 0 Å². The van der Waals surface area contributed by atoms with E-state index in [0.29, 0.717) is 0 Å². The van der Waals surface area contributed by atoms with Gasteiger partial charge >= 0.3 is 0 Å². The summed E-state index contributed by atoms with van der Waals surface area (Å²) in [6.45, 7) is 2.05. The highest BCUT2D eigenvalue weighted by atomic mass is 16.2. The SMILES string of the molecule is C[C@@H](NC(=O)C1[C@@H](c2ccccc2)[C@H]1c1ccccc1)c1ccccc1. The molecule has 1 aliphatic rings. The molecule has 3 aromatic rings. The van der Waals surface area contributed by atoms with Gasteiger partial charge in [-0.2, -0.15) is 0 Å². The molecule has 0 saturated heterocycles. The van der Waals surface area contributed by atoms with Crippen molar-refractivity contribution in [2.24, 2.45) is 5.92 Å². The predicted molar refractivity (Wildman–Crippen MR) is 105 cm³/mol. The Labute approximate surface area is 154 Å². The van der Waals surface area contributed by atoms with Crippen LogP contribution in [0, 0.1) is 5.92 Å². The van der Waals surface area contributed by atoms with E-state index in [2.05, 4.69) is 66.0 Å². The lowest BCUT2D eigenvalue weighted by Crippen LogP contribution is -2.28.